The first-order chi connectivity index (χ1) is 9.72. The molecule has 0 bridgehead atoms. The summed E-state index contributed by atoms with van der Waals surface area (Å²) < 4.78 is 11.8. The summed E-state index contributed by atoms with van der Waals surface area (Å²) in [7, 11) is 0. The van der Waals surface area contributed by atoms with Crippen molar-refractivity contribution in [3.05, 3.63) is 71.8 Å². The van der Waals surface area contributed by atoms with Crippen LogP contribution in [0.3, 0.4) is 0 Å². The quantitative estimate of drug-likeness (QED) is 0.403. The molecule has 0 fully saturated rings. The Balaban J connectivity index is 1.90. The van der Waals surface area contributed by atoms with Gasteiger partial charge in [-0.05, 0) is 0 Å². The van der Waals surface area contributed by atoms with Crippen LogP contribution >= 0.6 is 17.6 Å². The van der Waals surface area contributed by atoms with Crippen molar-refractivity contribution in [3.63, 3.8) is 0 Å². The van der Waals surface area contributed by atoms with Gasteiger partial charge >= 0.3 is 132 Å². The molecule has 2 rings (SSSR count). The van der Waals surface area contributed by atoms with E-state index in [1.54, 1.807) is 0 Å². The fourth-order valence-electron chi connectivity index (χ4n) is 1.60. The predicted molar refractivity (Wildman–Crippen MR) is 85.9 cm³/mol. The molecule has 0 radical (unpaired) electrons. The summed E-state index contributed by atoms with van der Waals surface area (Å²) in [6.07, 6.45) is 0. The summed E-state index contributed by atoms with van der Waals surface area (Å²) in [4.78, 5) is 0. The van der Waals surface area contributed by atoms with Gasteiger partial charge in [-0.15, -0.1) is 0 Å². The Hall–Kier alpha value is -0.401. The van der Waals surface area contributed by atoms with Crippen LogP contribution in [0, 0.1) is 0 Å². The van der Waals surface area contributed by atoms with Crippen LogP contribution in [0.5, 0.6) is 0 Å². The van der Waals surface area contributed by atoms with Gasteiger partial charge in [0.05, 0.1) is 0 Å². The number of halogens is 1. The van der Waals surface area contributed by atoms with Crippen LogP contribution in [-0.2, 0) is 22.3 Å². The summed E-state index contributed by atoms with van der Waals surface area (Å²) in [5.41, 5.74) is 2.56. The van der Waals surface area contributed by atoms with E-state index in [0.29, 0.717) is 18.8 Å². The van der Waals surface area contributed by atoms with Gasteiger partial charge in [0.15, 0.2) is 0 Å². The van der Waals surface area contributed by atoms with E-state index in [0.717, 1.165) is 11.1 Å². The molecule has 2 aromatic rings. The van der Waals surface area contributed by atoms with Crippen molar-refractivity contribution in [2.75, 3.05) is 5.62 Å². The molecule has 2 aromatic carbocycles. The zero-order valence-electron chi connectivity index (χ0n) is 10.9. The molecule has 20 heavy (non-hydrogen) atoms. The molecule has 0 aliphatic heterocycles. The molecule has 0 saturated carbocycles. The molecule has 0 aliphatic carbocycles. The van der Waals surface area contributed by atoms with Crippen molar-refractivity contribution < 1.29 is 9.05 Å². The Morgan fingerprint density at radius 2 is 1.20 bits per heavy atom. The maximum atomic E-state index is 6.01. The average Bonchev–Trinajstić information content (AvgIpc) is 2.53. The van der Waals surface area contributed by atoms with Gasteiger partial charge in [0.2, 0.25) is 0 Å². The van der Waals surface area contributed by atoms with Gasteiger partial charge in [-0.3, -0.25) is 0 Å². The average molecular weight is 374 g/mol. The number of hydrogen-bond acceptors (Lipinski definition) is 2. The van der Waals surface area contributed by atoms with Crippen molar-refractivity contribution >= 4 is 32.7 Å². The van der Waals surface area contributed by atoms with E-state index in [2.05, 4.69) is 15.1 Å². The van der Waals surface area contributed by atoms with E-state index >= 15 is 0 Å². The Kier molecular flexibility index (Phi) is 6.51. The molecule has 5 heteroatoms. The van der Waals surface area contributed by atoms with Crippen molar-refractivity contribution in [1.29, 1.82) is 0 Å². The maximum absolute atomic E-state index is 6.01. The summed E-state index contributed by atoms with van der Waals surface area (Å²) in [5, 5.41) is 0. The van der Waals surface area contributed by atoms with Crippen LogP contribution in [-0.4, -0.2) is 20.7 Å². The Bertz CT molecular complexity index is 515. The minimum absolute atomic E-state index is 0.340. The van der Waals surface area contributed by atoms with Crippen LogP contribution in [0.1, 0.15) is 11.1 Å². The van der Waals surface area contributed by atoms with Crippen molar-refractivity contribution in [3.8, 4) is 0 Å². The third kappa shape index (κ3) is 5.18. The molecule has 0 amide bonds. The van der Waals surface area contributed by atoms with E-state index in [1.807, 2.05) is 60.7 Å². The first kappa shape index (κ1) is 16.0. The van der Waals surface area contributed by atoms with Crippen molar-refractivity contribution in [2.45, 2.75) is 13.2 Å². The van der Waals surface area contributed by atoms with Gasteiger partial charge in [0, 0.05) is 0 Å². The van der Waals surface area contributed by atoms with Gasteiger partial charge in [-0.25, -0.2) is 0 Å². The van der Waals surface area contributed by atoms with Crippen molar-refractivity contribution in [2.24, 2.45) is 0 Å². The van der Waals surface area contributed by atoms with E-state index in [9.17, 15) is 0 Å². The zero-order valence-corrected chi connectivity index (χ0v) is 14.3. The van der Waals surface area contributed by atoms with Crippen molar-refractivity contribution in [1.82, 2.24) is 0 Å². The van der Waals surface area contributed by atoms with Gasteiger partial charge in [-0.1, -0.05) is 0 Å². The summed E-state index contributed by atoms with van der Waals surface area (Å²) >= 11 is 9.02. The third-order valence-corrected chi connectivity index (χ3v) is 8.07. The van der Waals surface area contributed by atoms with Crippen LogP contribution in [0.15, 0.2) is 60.7 Å². The Morgan fingerprint density at radius 1 is 0.800 bits per heavy atom. The Morgan fingerprint density at radius 3 is 1.55 bits per heavy atom. The van der Waals surface area contributed by atoms with Gasteiger partial charge in [0.1, 0.15) is 0 Å². The molecule has 0 spiro atoms. The molecule has 0 saturated heterocycles. The van der Waals surface area contributed by atoms with E-state index in [1.165, 1.54) is 0 Å². The zero-order chi connectivity index (χ0) is 14.3. The second-order valence-electron chi connectivity index (χ2n) is 4.25. The molecule has 0 aliphatic rings. The third-order valence-electron chi connectivity index (χ3n) is 2.69. The standard InChI is InChI=1S/C15H16ClO2PSe/c16-13-19(20,17-11-14-7-3-1-4-8-14)18-12-15-9-5-2-6-10-15/h1-10H,11-13H2. The molecule has 0 atom stereocenters. The molecular weight excluding hydrogens is 358 g/mol. The van der Waals surface area contributed by atoms with Crippen LogP contribution in [0.2, 0.25) is 0 Å². The first-order valence-electron chi connectivity index (χ1n) is 6.24. The molecule has 106 valence electrons. The minimum atomic E-state index is -2.14. The summed E-state index contributed by atoms with van der Waals surface area (Å²) in [6, 6.07) is 20.0. The normalized spacial score (nSPS) is 11.4. The van der Waals surface area contributed by atoms with Crippen LogP contribution < -0.4 is 0 Å². The Labute approximate surface area is 132 Å². The van der Waals surface area contributed by atoms with E-state index in [-0.39, 0.29) is 0 Å². The van der Waals surface area contributed by atoms with Gasteiger partial charge in [-0.2, -0.15) is 0 Å². The molecule has 0 unspecified atom stereocenters. The SMILES string of the molecule is ClCP(=[Se])(OCc1ccccc1)OCc1ccccc1. The molecule has 0 aromatic heterocycles. The molecule has 0 N–H and O–H groups in total. The summed E-state index contributed by atoms with van der Waals surface area (Å²) in [6.45, 7) is 1.01. The molecule has 0 heterocycles. The van der Waals surface area contributed by atoms with Crippen LogP contribution in [0.25, 0.3) is 0 Å². The second-order valence-corrected chi connectivity index (χ2v) is 10.4. The summed E-state index contributed by atoms with van der Waals surface area (Å²) in [5.74, 6) is -2.14. The fourth-order valence-corrected chi connectivity index (χ4v) is 3.58. The topological polar surface area (TPSA) is 18.5 Å². The molecular formula is C15H16ClO2PSe. The van der Waals surface area contributed by atoms with Gasteiger partial charge < -0.3 is 0 Å². The van der Waals surface area contributed by atoms with Gasteiger partial charge in [0.25, 0.3) is 0 Å². The number of rotatable bonds is 7. The monoisotopic (exact) mass is 374 g/mol. The number of hydrogen-bond donors (Lipinski definition) is 0. The second kappa shape index (κ2) is 8.14. The van der Waals surface area contributed by atoms with E-state index in [4.69, 9.17) is 20.6 Å². The van der Waals surface area contributed by atoms with E-state index < -0.39 is 5.96 Å². The molecule has 2 nitrogen and oxygen atoms in total. The predicted octanol–water partition coefficient (Wildman–Crippen LogP) is 4.55. The number of alkyl halides is 1. The number of benzene rings is 2. The van der Waals surface area contributed by atoms with Crippen LogP contribution in [0.4, 0.5) is 0 Å². The fraction of sp³-hybridized carbons (Fsp3) is 0.200. The first-order valence-corrected chi connectivity index (χ1v) is 10.8.